The fraction of sp³-hybridized carbons (Fsp3) is 0.750. The average Bonchev–Trinajstić information content (AvgIpc) is 2.81. The Labute approximate surface area is 139 Å². The summed E-state index contributed by atoms with van der Waals surface area (Å²) < 4.78 is 1.32. The lowest BCUT2D eigenvalue weighted by Gasteiger charge is -2.22. The molecular formula is C16H26Br2S. The van der Waals surface area contributed by atoms with Gasteiger partial charge in [-0.1, -0.05) is 68.3 Å². The highest BCUT2D eigenvalue weighted by Gasteiger charge is 2.22. The fourth-order valence-electron chi connectivity index (χ4n) is 2.56. The van der Waals surface area contributed by atoms with Gasteiger partial charge in [-0.15, -0.1) is 11.3 Å². The van der Waals surface area contributed by atoms with Crippen LogP contribution in [0, 0.1) is 0 Å². The summed E-state index contributed by atoms with van der Waals surface area (Å²) in [4.78, 5) is 0.625. The molecule has 0 nitrogen and oxygen atoms in total. The molecule has 0 aliphatic rings. The van der Waals surface area contributed by atoms with E-state index in [-0.39, 0.29) is 0 Å². The number of halogens is 2. The second-order valence-electron chi connectivity index (χ2n) is 5.26. The molecule has 0 aromatic carbocycles. The Bertz CT molecular complexity index is 335. The van der Waals surface area contributed by atoms with Crippen LogP contribution in [0.5, 0.6) is 0 Å². The summed E-state index contributed by atoms with van der Waals surface area (Å²) in [6.07, 6.45) is 10.7. The van der Waals surface area contributed by atoms with Gasteiger partial charge in [0, 0.05) is 4.83 Å². The van der Waals surface area contributed by atoms with E-state index in [0.29, 0.717) is 10.7 Å². The van der Waals surface area contributed by atoms with E-state index >= 15 is 0 Å². The molecule has 2 atom stereocenters. The number of unbranched alkanes of at least 4 members (excludes halogenated alkanes) is 4. The van der Waals surface area contributed by atoms with Crippen LogP contribution in [-0.4, -0.2) is 4.83 Å². The summed E-state index contributed by atoms with van der Waals surface area (Å²) in [7, 11) is 0. The summed E-state index contributed by atoms with van der Waals surface area (Å²) in [5.41, 5.74) is 1.50. The van der Waals surface area contributed by atoms with Crippen molar-refractivity contribution in [2.75, 3.05) is 0 Å². The van der Waals surface area contributed by atoms with Gasteiger partial charge in [0.15, 0.2) is 0 Å². The van der Waals surface area contributed by atoms with Crippen molar-refractivity contribution in [3.05, 3.63) is 20.8 Å². The van der Waals surface area contributed by atoms with E-state index in [1.165, 1.54) is 60.7 Å². The monoisotopic (exact) mass is 408 g/mol. The van der Waals surface area contributed by atoms with Crippen molar-refractivity contribution >= 4 is 43.2 Å². The van der Waals surface area contributed by atoms with Crippen LogP contribution in [0.3, 0.4) is 0 Å². The minimum atomic E-state index is 0.625. The maximum Gasteiger partial charge on any atom is 0.0733 e. The molecule has 3 heteroatoms. The van der Waals surface area contributed by atoms with Crippen molar-refractivity contribution in [1.82, 2.24) is 0 Å². The van der Waals surface area contributed by atoms with Crippen LogP contribution in [0.4, 0.5) is 0 Å². The third-order valence-electron chi connectivity index (χ3n) is 3.67. The fourth-order valence-corrected chi connectivity index (χ4v) is 4.87. The summed E-state index contributed by atoms with van der Waals surface area (Å²) in [5, 5.41) is 2.20. The Morgan fingerprint density at radius 2 is 1.79 bits per heavy atom. The molecule has 0 amide bonds. The van der Waals surface area contributed by atoms with Crippen LogP contribution in [0.15, 0.2) is 15.2 Å². The summed E-state index contributed by atoms with van der Waals surface area (Å²) in [5.74, 6) is 0.664. The number of hydrogen-bond donors (Lipinski definition) is 0. The van der Waals surface area contributed by atoms with Gasteiger partial charge in [0.25, 0.3) is 0 Å². The minimum Gasteiger partial charge on any atom is -0.137 e. The first kappa shape index (κ1) is 17.7. The Morgan fingerprint density at radius 1 is 1.05 bits per heavy atom. The van der Waals surface area contributed by atoms with E-state index in [4.69, 9.17) is 0 Å². The van der Waals surface area contributed by atoms with Crippen molar-refractivity contribution in [3.8, 4) is 0 Å². The van der Waals surface area contributed by atoms with Gasteiger partial charge in [0.05, 0.1) is 3.79 Å². The Kier molecular flexibility index (Phi) is 9.69. The average molecular weight is 410 g/mol. The highest BCUT2D eigenvalue weighted by molar-refractivity contribution is 9.11. The van der Waals surface area contributed by atoms with Crippen LogP contribution < -0.4 is 0 Å². The van der Waals surface area contributed by atoms with Crippen LogP contribution in [-0.2, 0) is 0 Å². The number of alkyl halides is 1. The quantitative estimate of drug-likeness (QED) is 0.276. The van der Waals surface area contributed by atoms with Gasteiger partial charge in [0.2, 0.25) is 0 Å². The van der Waals surface area contributed by atoms with Gasteiger partial charge in [0.1, 0.15) is 0 Å². The Balaban J connectivity index is 2.45. The van der Waals surface area contributed by atoms with Crippen LogP contribution in [0.2, 0.25) is 0 Å². The van der Waals surface area contributed by atoms with Crippen LogP contribution in [0.1, 0.15) is 76.7 Å². The van der Waals surface area contributed by atoms with E-state index in [2.05, 4.69) is 57.2 Å². The first-order valence-corrected chi connectivity index (χ1v) is 10.2. The molecule has 0 bridgehead atoms. The van der Waals surface area contributed by atoms with E-state index in [9.17, 15) is 0 Å². The second kappa shape index (κ2) is 10.4. The number of rotatable bonds is 10. The zero-order valence-electron chi connectivity index (χ0n) is 12.1. The Morgan fingerprint density at radius 3 is 2.37 bits per heavy atom. The molecule has 1 heterocycles. The number of thiophene rings is 1. The standard InChI is InChI=1S/C16H26Br2S/c1-3-5-6-7-8-10-15(17)13(9-4-2)14-11-12-19-16(14)18/h11-13,15H,3-10H2,1-2H3. The third-order valence-corrected chi connectivity index (χ3v) is 6.49. The normalized spacial score (nSPS) is 14.5. The first-order valence-electron chi connectivity index (χ1n) is 7.57. The Hall–Kier alpha value is 0.660. The zero-order valence-corrected chi connectivity index (χ0v) is 16.1. The largest absolute Gasteiger partial charge is 0.137 e. The lowest BCUT2D eigenvalue weighted by atomic mass is 9.91. The zero-order chi connectivity index (χ0) is 14.1. The molecule has 0 N–H and O–H groups in total. The lowest BCUT2D eigenvalue weighted by Crippen LogP contribution is -2.12. The first-order chi connectivity index (χ1) is 9.20. The van der Waals surface area contributed by atoms with Crippen molar-refractivity contribution in [1.29, 1.82) is 0 Å². The molecule has 0 saturated heterocycles. The molecule has 1 rings (SSSR count). The molecule has 1 aromatic rings. The van der Waals surface area contributed by atoms with Gasteiger partial charge < -0.3 is 0 Å². The molecule has 19 heavy (non-hydrogen) atoms. The molecule has 0 radical (unpaired) electrons. The maximum absolute atomic E-state index is 3.95. The molecule has 0 fully saturated rings. The summed E-state index contributed by atoms with van der Waals surface area (Å²) in [6, 6.07) is 2.29. The molecule has 2 unspecified atom stereocenters. The lowest BCUT2D eigenvalue weighted by molar-refractivity contribution is 0.529. The van der Waals surface area contributed by atoms with E-state index < -0.39 is 0 Å². The van der Waals surface area contributed by atoms with Crippen molar-refractivity contribution in [2.45, 2.75) is 76.0 Å². The molecular weight excluding hydrogens is 384 g/mol. The molecule has 0 aliphatic carbocycles. The molecule has 1 aromatic heterocycles. The predicted octanol–water partition coefficient (Wildman–Crippen LogP) is 7.52. The molecule has 110 valence electrons. The smallest absolute Gasteiger partial charge is 0.0733 e. The summed E-state index contributed by atoms with van der Waals surface area (Å²) >= 11 is 9.47. The van der Waals surface area contributed by atoms with E-state index in [1.54, 1.807) is 11.3 Å². The highest BCUT2D eigenvalue weighted by atomic mass is 79.9. The van der Waals surface area contributed by atoms with Crippen LogP contribution in [0.25, 0.3) is 0 Å². The highest BCUT2D eigenvalue weighted by Crippen LogP contribution is 2.39. The number of hydrogen-bond acceptors (Lipinski definition) is 1. The molecule has 0 aliphatic heterocycles. The van der Waals surface area contributed by atoms with Gasteiger partial charge in [-0.25, -0.2) is 0 Å². The second-order valence-corrected chi connectivity index (χ2v) is 8.67. The minimum absolute atomic E-state index is 0.625. The SMILES string of the molecule is CCCCCCCC(Br)C(CCC)c1ccsc1Br. The van der Waals surface area contributed by atoms with Gasteiger partial charge in [-0.3, -0.25) is 0 Å². The third kappa shape index (κ3) is 6.31. The summed E-state index contributed by atoms with van der Waals surface area (Å²) in [6.45, 7) is 4.56. The van der Waals surface area contributed by atoms with E-state index in [1.807, 2.05) is 0 Å². The van der Waals surface area contributed by atoms with Gasteiger partial charge in [-0.2, -0.15) is 0 Å². The van der Waals surface area contributed by atoms with Crippen molar-refractivity contribution < 1.29 is 0 Å². The van der Waals surface area contributed by atoms with Crippen molar-refractivity contribution in [3.63, 3.8) is 0 Å². The topological polar surface area (TPSA) is 0 Å². The van der Waals surface area contributed by atoms with Crippen LogP contribution >= 0.6 is 43.2 Å². The maximum atomic E-state index is 3.95. The van der Waals surface area contributed by atoms with Gasteiger partial charge in [-0.05, 0) is 51.7 Å². The predicted molar refractivity (Wildman–Crippen MR) is 95.8 cm³/mol. The van der Waals surface area contributed by atoms with E-state index in [0.717, 1.165) is 0 Å². The molecule has 0 saturated carbocycles. The van der Waals surface area contributed by atoms with Crippen molar-refractivity contribution in [2.24, 2.45) is 0 Å². The molecule has 0 spiro atoms. The van der Waals surface area contributed by atoms with Gasteiger partial charge >= 0.3 is 0 Å².